The minimum atomic E-state index is -1.91. The SMILES string of the molecule is O=C(Oc1ccc(/C=N/NC(=O)C(O)(c2ccccc2)c2ccccc2)cc1)c1ccco1. The van der Waals surface area contributed by atoms with Crippen molar-refractivity contribution >= 4 is 18.1 Å². The van der Waals surface area contributed by atoms with Gasteiger partial charge in [-0.3, -0.25) is 4.79 Å². The zero-order chi connectivity index (χ0) is 23.1. The molecule has 0 saturated carbocycles. The normalized spacial score (nSPS) is 11.3. The van der Waals surface area contributed by atoms with E-state index in [1.54, 1.807) is 91.0 Å². The number of hydrazone groups is 1. The molecule has 33 heavy (non-hydrogen) atoms. The predicted molar refractivity (Wildman–Crippen MR) is 122 cm³/mol. The Hall–Kier alpha value is -4.49. The molecule has 2 N–H and O–H groups in total. The van der Waals surface area contributed by atoms with Crippen LogP contribution in [0.5, 0.6) is 5.75 Å². The molecule has 1 heterocycles. The summed E-state index contributed by atoms with van der Waals surface area (Å²) in [5.74, 6) is -0.859. The van der Waals surface area contributed by atoms with Crippen LogP contribution in [0.25, 0.3) is 0 Å². The number of furan rings is 1. The van der Waals surface area contributed by atoms with E-state index in [2.05, 4.69) is 10.5 Å². The first-order chi connectivity index (χ1) is 16.1. The van der Waals surface area contributed by atoms with Gasteiger partial charge in [-0.05, 0) is 53.1 Å². The van der Waals surface area contributed by atoms with Crippen molar-refractivity contribution in [2.24, 2.45) is 5.10 Å². The zero-order valence-electron chi connectivity index (χ0n) is 17.4. The summed E-state index contributed by atoms with van der Waals surface area (Å²) in [7, 11) is 0. The van der Waals surface area contributed by atoms with Gasteiger partial charge in [-0.1, -0.05) is 60.7 Å². The molecule has 0 saturated heterocycles. The summed E-state index contributed by atoms with van der Waals surface area (Å²) in [4.78, 5) is 24.9. The van der Waals surface area contributed by atoms with Gasteiger partial charge in [0.05, 0.1) is 12.5 Å². The maximum absolute atomic E-state index is 13.0. The summed E-state index contributed by atoms with van der Waals surface area (Å²) in [6.07, 6.45) is 2.81. The number of carbonyl (C=O) groups excluding carboxylic acids is 2. The maximum atomic E-state index is 13.0. The van der Waals surface area contributed by atoms with Crippen LogP contribution in [0, 0.1) is 0 Å². The Labute approximate surface area is 190 Å². The molecule has 164 valence electrons. The number of ether oxygens (including phenoxy) is 1. The lowest BCUT2D eigenvalue weighted by Crippen LogP contribution is -2.43. The highest BCUT2D eigenvalue weighted by atomic mass is 16.5. The van der Waals surface area contributed by atoms with Crippen LogP contribution in [0.3, 0.4) is 0 Å². The summed E-state index contributed by atoms with van der Waals surface area (Å²) in [5.41, 5.74) is 2.00. The van der Waals surface area contributed by atoms with Crippen molar-refractivity contribution in [2.75, 3.05) is 0 Å². The van der Waals surface area contributed by atoms with Gasteiger partial charge in [0.1, 0.15) is 5.75 Å². The summed E-state index contributed by atoms with van der Waals surface area (Å²) < 4.78 is 10.2. The molecule has 0 aliphatic heterocycles. The second-order valence-corrected chi connectivity index (χ2v) is 7.08. The number of rotatable bonds is 7. The molecule has 0 aliphatic carbocycles. The van der Waals surface area contributed by atoms with Crippen LogP contribution >= 0.6 is 0 Å². The molecule has 0 aliphatic rings. The maximum Gasteiger partial charge on any atom is 0.379 e. The number of aliphatic hydroxyl groups is 1. The van der Waals surface area contributed by atoms with E-state index in [0.717, 1.165) is 0 Å². The number of hydrogen-bond donors (Lipinski definition) is 2. The molecule has 4 rings (SSSR count). The molecular formula is C26H20N2O5. The van der Waals surface area contributed by atoms with Crippen LogP contribution < -0.4 is 10.2 Å². The number of hydrogen-bond acceptors (Lipinski definition) is 6. The molecule has 0 bridgehead atoms. The van der Waals surface area contributed by atoms with E-state index >= 15 is 0 Å². The molecule has 0 radical (unpaired) electrons. The molecule has 1 aromatic heterocycles. The van der Waals surface area contributed by atoms with Gasteiger partial charge in [0, 0.05) is 0 Å². The Morgan fingerprint density at radius 3 is 2.00 bits per heavy atom. The van der Waals surface area contributed by atoms with E-state index in [9.17, 15) is 14.7 Å². The minimum absolute atomic E-state index is 0.104. The molecule has 3 aromatic carbocycles. The van der Waals surface area contributed by atoms with E-state index in [1.165, 1.54) is 18.5 Å². The van der Waals surface area contributed by atoms with Crippen LogP contribution in [0.2, 0.25) is 0 Å². The standard InChI is InChI=1S/C26H20N2O5/c29-24(23-12-7-17-32-23)33-22-15-13-19(14-16-22)18-27-28-25(30)26(31,20-8-3-1-4-9-20)21-10-5-2-6-11-21/h1-18,31H,(H,28,30)/b27-18+. The Morgan fingerprint density at radius 1 is 0.848 bits per heavy atom. The first-order valence-corrected chi connectivity index (χ1v) is 10.1. The Balaban J connectivity index is 1.45. The fourth-order valence-corrected chi connectivity index (χ4v) is 3.21. The summed E-state index contributed by atoms with van der Waals surface area (Å²) in [6, 6.07) is 27.0. The van der Waals surface area contributed by atoms with Crippen molar-refractivity contribution in [2.45, 2.75) is 5.60 Å². The lowest BCUT2D eigenvalue weighted by molar-refractivity contribution is -0.136. The third kappa shape index (κ3) is 4.89. The van der Waals surface area contributed by atoms with Crippen molar-refractivity contribution in [3.05, 3.63) is 126 Å². The van der Waals surface area contributed by atoms with Crippen LogP contribution in [-0.2, 0) is 10.4 Å². The third-order valence-corrected chi connectivity index (χ3v) is 4.90. The third-order valence-electron chi connectivity index (χ3n) is 4.90. The number of benzene rings is 3. The number of esters is 1. The summed E-state index contributed by atoms with van der Waals surface area (Å²) in [6.45, 7) is 0. The highest BCUT2D eigenvalue weighted by Gasteiger charge is 2.39. The van der Waals surface area contributed by atoms with E-state index in [0.29, 0.717) is 22.4 Å². The average Bonchev–Trinajstić information content (AvgIpc) is 3.41. The first kappa shape index (κ1) is 21.7. The molecule has 0 atom stereocenters. The number of nitrogens with one attached hydrogen (secondary N) is 1. The fourth-order valence-electron chi connectivity index (χ4n) is 3.21. The average molecular weight is 440 g/mol. The van der Waals surface area contributed by atoms with Gasteiger partial charge in [-0.15, -0.1) is 0 Å². The Kier molecular flexibility index (Phi) is 6.43. The van der Waals surface area contributed by atoms with Crippen molar-refractivity contribution < 1.29 is 23.8 Å². The van der Waals surface area contributed by atoms with Crippen molar-refractivity contribution in [1.29, 1.82) is 0 Å². The Bertz CT molecular complexity index is 1200. The first-order valence-electron chi connectivity index (χ1n) is 10.1. The van der Waals surface area contributed by atoms with Crippen LogP contribution in [-0.4, -0.2) is 23.2 Å². The van der Waals surface area contributed by atoms with Crippen molar-refractivity contribution in [3.8, 4) is 5.75 Å². The summed E-state index contributed by atoms with van der Waals surface area (Å²) in [5, 5.41) is 15.4. The zero-order valence-corrected chi connectivity index (χ0v) is 17.4. The van der Waals surface area contributed by atoms with Crippen LogP contribution in [0.4, 0.5) is 0 Å². The minimum Gasteiger partial charge on any atom is -0.457 e. The quantitative estimate of drug-likeness (QED) is 0.197. The van der Waals surface area contributed by atoms with Gasteiger partial charge >= 0.3 is 5.97 Å². The highest BCUT2D eigenvalue weighted by molar-refractivity contribution is 5.91. The lowest BCUT2D eigenvalue weighted by Gasteiger charge is -2.27. The molecule has 0 unspecified atom stereocenters. The number of amides is 1. The monoisotopic (exact) mass is 440 g/mol. The highest BCUT2D eigenvalue weighted by Crippen LogP contribution is 2.29. The Morgan fingerprint density at radius 2 is 1.45 bits per heavy atom. The van der Waals surface area contributed by atoms with Gasteiger partial charge < -0.3 is 14.3 Å². The van der Waals surface area contributed by atoms with E-state index in [-0.39, 0.29) is 5.76 Å². The van der Waals surface area contributed by atoms with Crippen LogP contribution in [0.1, 0.15) is 27.2 Å². The van der Waals surface area contributed by atoms with Crippen molar-refractivity contribution in [3.63, 3.8) is 0 Å². The van der Waals surface area contributed by atoms with Gasteiger partial charge in [0.15, 0.2) is 5.60 Å². The molecule has 0 fully saturated rings. The second kappa shape index (κ2) is 9.76. The van der Waals surface area contributed by atoms with Gasteiger partial charge in [-0.25, -0.2) is 10.2 Å². The molecule has 0 spiro atoms. The van der Waals surface area contributed by atoms with E-state index < -0.39 is 17.5 Å². The second-order valence-electron chi connectivity index (χ2n) is 7.08. The number of carbonyl (C=O) groups is 2. The molecule has 4 aromatic rings. The van der Waals surface area contributed by atoms with Gasteiger partial charge in [0.25, 0.3) is 5.91 Å². The van der Waals surface area contributed by atoms with E-state index in [4.69, 9.17) is 9.15 Å². The predicted octanol–water partition coefficient (Wildman–Crippen LogP) is 3.89. The van der Waals surface area contributed by atoms with Gasteiger partial charge in [0.2, 0.25) is 5.76 Å². The van der Waals surface area contributed by atoms with Crippen LogP contribution in [0.15, 0.2) is 113 Å². The largest absolute Gasteiger partial charge is 0.457 e. The molecular weight excluding hydrogens is 420 g/mol. The topological polar surface area (TPSA) is 101 Å². The fraction of sp³-hybridized carbons (Fsp3) is 0.0385. The molecule has 7 heteroatoms. The van der Waals surface area contributed by atoms with Crippen molar-refractivity contribution in [1.82, 2.24) is 5.43 Å². The lowest BCUT2D eigenvalue weighted by atomic mass is 9.85. The van der Waals surface area contributed by atoms with Gasteiger partial charge in [-0.2, -0.15) is 5.10 Å². The van der Waals surface area contributed by atoms with E-state index in [1.807, 2.05) is 0 Å². The number of nitrogens with zero attached hydrogens (tertiary/aromatic N) is 1. The smallest absolute Gasteiger partial charge is 0.379 e. The molecule has 7 nitrogen and oxygen atoms in total. The molecule has 1 amide bonds. The summed E-state index contributed by atoms with van der Waals surface area (Å²) >= 11 is 0.